The first kappa shape index (κ1) is 20.6. The average Bonchev–Trinajstić information content (AvgIpc) is 2.61. The average molecular weight is 414 g/mol. The van der Waals surface area contributed by atoms with Crippen LogP contribution in [0.2, 0.25) is 15.1 Å². The largest absolute Gasteiger partial charge is 0.492 e. The highest BCUT2D eigenvalue weighted by atomic mass is 35.5. The van der Waals surface area contributed by atoms with Gasteiger partial charge in [-0.2, -0.15) is 5.10 Å². The van der Waals surface area contributed by atoms with E-state index < -0.39 is 0 Å². The lowest BCUT2D eigenvalue weighted by Crippen LogP contribution is -2.20. The molecule has 0 spiro atoms. The van der Waals surface area contributed by atoms with Crippen molar-refractivity contribution in [2.75, 3.05) is 6.61 Å². The molecule has 0 aliphatic carbocycles. The Morgan fingerprint density at radius 2 is 1.88 bits per heavy atom. The molecule has 0 aliphatic heterocycles. The second-order valence-corrected chi connectivity index (χ2v) is 6.76. The lowest BCUT2D eigenvalue weighted by molar-refractivity contribution is -0.121. The Hall–Kier alpha value is -1.75. The Kier molecular flexibility index (Phi) is 8.23. The first-order chi connectivity index (χ1) is 12.5. The van der Waals surface area contributed by atoms with Crippen LogP contribution in [0.5, 0.6) is 5.75 Å². The third-order valence-electron chi connectivity index (χ3n) is 3.51. The van der Waals surface area contributed by atoms with E-state index in [1.54, 1.807) is 24.3 Å². The summed E-state index contributed by atoms with van der Waals surface area (Å²) in [7, 11) is 0. The van der Waals surface area contributed by atoms with E-state index in [2.05, 4.69) is 10.5 Å². The van der Waals surface area contributed by atoms with Gasteiger partial charge in [-0.05, 0) is 48.7 Å². The minimum atomic E-state index is -0.177. The Bertz CT molecular complexity index is 794. The molecular formula is C19H19Cl3N2O2. The zero-order valence-corrected chi connectivity index (χ0v) is 16.5. The van der Waals surface area contributed by atoms with Gasteiger partial charge in [0.1, 0.15) is 5.75 Å². The summed E-state index contributed by atoms with van der Waals surface area (Å²) in [5.74, 6) is 0.368. The fourth-order valence-electron chi connectivity index (χ4n) is 2.21. The summed E-state index contributed by atoms with van der Waals surface area (Å²) in [4.78, 5) is 11.9. The van der Waals surface area contributed by atoms with E-state index in [1.807, 2.05) is 25.1 Å². The van der Waals surface area contributed by atoms with Crippen molar-refractivity contribution in [2.24, 2.45) is 5.10 Å². The van der Waals surface area contributed by atoms with E-state index in [-0.39, 0.29) is 5.91 Å². The van der Waals surface area contributed by atoms with Crippen molar-refractivity contribution in [1.82, 2.24) is 5.43 Å². The van der Waals surface area contributed by atoms with Crippen LogP contribution in [0.15, 0.2) is 47.6 Å². The molecular weight excluding hydrogens is 395 g/mol. The summed E-state index contributed by atoms with van der Waals surface area (Å²) in [5, 5.41) is 5.82. The Balaban J connectivity index is 1.79. The molecule has 0 aromatic heterocycles. The molecule has 1 N–H and O–H groups in total. The maximum atomic E-state index is 11.9. The fourth-order valence-corrected chi connectivity index (χ4v) is 2.86. The van der Waals surface area contributed by atoms with E-state index in [4.69, 9.17) is 39.5 Å². The zero-order chi connectivity index (χ0) is 18.9. The molecule has 0 heterocycles. The number of nitrogens with one attached hydrogen (secondary N) is 1. The fraction of sp³-hybridized carbons (Fsp3) is 0.263. The molecule has 4 nitrogen and oxygen atoms in total. The third-order valence-corrected chi connectivity index (χ3v) is 4.27. The summed E-state index contributed by atoms with van der Waals surface area (Å²) in [5.41, 5.74) is 4.23. The molecule has 0 radical (unpaired) electrons. The van der Waals surface area contributed by atoms with Gasteiger partial charge < -0.3 is 4.74 Å². The number of hydrogen-bond donors (Lipinski definition) is 1. The summed E-state index contributed by atoms with van der Waals surface area (Å²) in [6.45, 7) is 2.34. The molecule has 0 saturated carbocycles. The smallest absolute Gasteiger partial charge is 0.240 e. The standard InChI is InChI=1S/C19H19Cl3N2O2/c1-2-17(13-5-3-6-14(20)11-13)23-24-19(25)7-4-10-26-18-9-8-15(21)12-16(18)22/h3,5-6,8-9,11-12H,2,4,7,10H2,1H3,(H,24,25)/b23-17+. The van der Waals surface area contributed by atoms with Crippen molar-refractivity contribution >= 4 is 46.4 Å². The number of halogens is 3. The lowest BCUT2D eigenvalue weighted by atomic mass is 10.1. The molecule has 26 heavy (non-hydrogen) atoms. The van der Waals surface area contributed by atoms with Crippen LogP contribution in [0.1, 0.15) is 31.7 Å². The summed E-state index contributed by atoms with van der Waals surface area (Å²) < 4.78 is 5.55. The molecule has 7 heteroatoms. The van der Waals surface area contributed by atoms with E-state index in [9.17, 15) is 4.79 Å². The Labute approximate surface area is 168 Å². The molecule has 0 aliphatic rings. The summed E-state index contributed by atoms with van der Waals surface area (Å²) >= 11 is 17.8. The first-order valence-corrected chi connectivity index (χ1v) is 9.32. The lowest BCUT2D eigenvalue weighted by Gasteiger charge is -2.08. The highest BCUT2D eigenvalue weighted by Gasteiger charge is 2.06. The van der Waals surface area contributed by atoms with Crippen LogP contribution in [0.3, 0.4) is 0 Å². The molecule has 0 atom stereocenters. The highest BCUT2D eigenvalue weighted by molar-refractivity contribution is 6.35. The molecule has 2 rings (SSSR count). The van der Waals surface area contributed by atoms with Crippen LogP contribution in [-0.4, -0.2) is 18.2 Å². The number of amides is 1. The third kappa shape index (κ3) is 6.52. The van der Waals surface area contributed by atoms with Gasteiger partial charge in [0.25, 0.3) is 0 Å². The minimum absolute atomic E-state index is 0.177. The number of hydrazone groups is 1. The molecule has 0 fully saturated rings. The van der Waals surface area contributed by atoms with E-state index in [1.165, 1.54) is 0 Å². The van der Waals surface area contributed by atoms with Crippen LogP contribution in [0, 0.1) is 0 Å². The van der Waals surface area contributed by atoms with Crippen LogP contribution < -0.4 is 10.2 Å². The van der Waals surface area contributed by atoms with Gasteiger partial charge in [0.15, 0.2) is 0 Å². The number of nitrogens with zero attached hydrogens (tertiary/aromatic N) is 1. The Morgan fingerprint density at radius 1 is 1.12 bits per heavy atom. The van der Waals surface area contributed by atoms with Crippen molar-refractivity contribution in [1.29, 1.82) is 0 Å². The number of carbonyl (C=O) groups excluding carboxylic acids is 1. The SMILES string of the molecule is CC/C(=N\NC(=O)CCCOc1ccc(Cl)cc1Cl)c1cccc(Cl)c1. The maximum absolute atomic E-state index is 11.9. The predicted octanol–water partition coefficient (Wildman–Crippen LogP) is 5.74. The van der Waals surface area contributed by atoms with Gasteiger partial charge in [0, 0.05) is 16.5 Å². The van der Waals surface area contributed by atoms with Crippen LogP contribution >= 0.6 is 34.8 Å². The Morgan fingerprint density at radius 3 is 2.58 bits per heavy atom. The molecule has 1 amide bonds. The van der Waals surface area contributed by atoms with Gasteiger partial charge in [-0.1, -0.05) is 53.9 Å². The van der Waals surface area contributed by atoms with Crippen molar-refractivity contribution in [3.8, 4) is 5.75 Å². The van der Waals surface area contributed by atoms with Gasteiger partial charge >= 0.3 is 0 Å². The maximum Gasteiger partial charge on any atom is 0.240 e. The van der Waals surface area contributed by atoms with Gasteiger partial charge in [0.2, 0.25) is 5.91 Å². The first-order valence-electron chi connectivity index (χ1n) is 8.18. The van der Waals surface area contributed by atoms with Crippen molar-refractivity contribution < 1.29 is 9.53 Å². The summed E-state index contributed by atoms with van der Waals surface area (Å²) in [6.07, 6.45) is 1.51. The number of ether oxygens (including phenoxy) is 1. The topological polar surface area (TPSA) is 50.7 Å². The van der Waals surface area contributed by atoms with Crippen LogP contribution in [-0.2, 0) is 4.79 Å². The molecule has 2 aromatic carbocycles. The van der Waals surface area contributed by atoms with Crippen LogP contribution in [0.4, 0.5) is 0 Å². The molecule has 0 saturated heterocycles. The number of hydrogen-bond acceptors (Lipinski definition) is 3. The quantitative estimate of drug-likeness (QED) is 0.341. The van der Waals surface area contributed by atoms with Crippen LogP contribution in [0.25, 0.3) is 0 Å². The summed E-state index contributed by atoms with van der Waals surface area (Å²) in [6, 6.07) is 12.4. The number of rotatable bonds is 8. The van der Waals surface area contributed by atoms with Gasteiger partial charge in [-0.3, -0.25) is 4.79 Å². The molecule has 0 bridgehead atoms. The van der Waals surface area contributed by atoms with E-state index in [0.717, 1.165) is 11.3 Å². The zero-order valence-electron chi connectivity index (χ0n) is 14.3. The monoisotopic (exact) mass is 412 g/mol. The second-order valence-electron chi connectivity index (χ2n) is 5.48. The molecule has 138 valence electrons. The van der Waals surface area contributed by atoms with E-state index in [0.29, 0.717) is 46.7 Å². The number of benzene rings is 2. The molecule has 0 unspecified atom stereocenters. The van der Waals surface area contributed by atoms with Gasteiger partial charge in [-0.15, -0.1) is 0 Å². The predicted molar refractivity (Wildman–Crippen MR) is 108 cm³/mol. The van der Waals surface area contributed by atoms with Crippen molar-refractivity contribution in [3.63, 3.8) is 0 Å². The number of carbonyl (C=O) groups is 1. The normalized spacial score (nSPS) is 11.3. The van der Waals surface area contributed by atoms with Gasteiger partial charge in [-0.25, -0.2) is 5.43 Å². The van der Waals surface area contributed by atoms with Crippen molar-refractivity contribution in [2.45, 2.75) is 26.2 Å². The minimum Gasteiger partial charge on any atom is -0.492 e. The van der Waals surface area contributed by atoms with Crippen molar-refractivity contribution in [3.05, 3.63) is 63.1 Å². The highest BCUT2D eigenvalue weighted by Crippen LogP contribution is 2.27. The van der Waals surface area contributed by atoms with E-state index >= 15 is 0 Å². The second kappa shape index (κ2) is 10.4. The van der Waals surface area contributed by atoms with Gasteiger partial charge in [0.05, 0.1) is 17.3 Å². The molecule has 2 aromatic rings.